The molecule has 2 aromatic rings. The van der Waals surface area contributed by atoms with E-state index in [1.165, 1.54) is 5.56 Å². The van der Waals surface area contributed by atoms with Crippen LogP contribution in [0.4, 0.5) is 5.95 Å². The molecule has 0 fully saturated rings. The van der Waals surface area contributed by atoms with Gasteiger partial charge in [0.1, 0.15) is 5.76 Å². The van der Waals surface area contributed by atoms with Crippen LogP contribution >= 0.6 is 0 Å². The highest BCUT2D eigenvalue weighted by molar-refractivity contribution is 5.28. The molecule has 0 atom stereocenters. The van der Waals surface area contributed by atoms with Crippen molar-refractivity contribution in [2.75, 3.05) is 5.32 Å². The molecule has 0 aliphatic carbocycles. The zero-order valence-corrected chi connectivity index (χ0v) is 10.6. The van der Waals surface area contributed by atoms with Gasteiger partial charge in [-0.25, -0.2) is 4.98 Å². The van der Waals surface area contributed by atoms with E-state index in [-0.39, 0.29) is 0 Å². The molecule has 0 saturated carbocycles. The highest BCUT2D eigenvalue weighted by Crippen LogP contribution is 2.13. The number of aryl methyl sites for hydroxylation is 1. The van der Waals surface area contributed by atoms with Crippen LogP contribution < -0.4 is 5.32 Å². The first-order valence-corrected chi connectivity index (χ1v) is 5.95. The third-order valence-electron chi connectivity index (χ3n) is 2.65. The van der Waals surface area contributed by atoms with Gasteiger partial charge in [-0.1, -0.05) is 13.8 Å². The van der Waals surface area contributed by atoms with Crippen LogP contribution in [0, 0.1) is 12.8 Å². The van der Waals surface area contributed by atoms with Gasteiger partial charge in [0.05, 0.1) is 12.8 Å². The van der Waals surface area contributed by atoms with Gasteiger partial charge in [-0.05, 0) is 24.5 Å². The molecular formula is C13H19N3O. The first-order valence-electron chi connectivity index (χ1n) is 5.95. The van der Waals surface area contributed by atoms with Crippen LogP contribution in [0.5, 0.6) is 0 Å². The fourth-order valence-corrected chi connectivity index (χ4v) is 1.76. The van der Waals surface area contributed by atoms with E-state index in [0.29, 0.717) is 12.5 Å². The van der Waals surface area contributed by atoms with Crippen molar-refractivity contribution in [3.63, 3.8) is 0 Å². The van der Waals surface area contributed by atoms with E-state index in [4.69, 9.17) is 4.42 Å². The molecule has 0 aliphatic heterocycles. The van der Waals surface area contributed by atoms with Crippen LogP contribution in [0.25, 0.3) is 0 Å². The molecule has 0 radical (unpaired) electrons. The Bertz CT molecular complexity index is 470. The Morgan fingerprint density at radius 2 is 2.29 bits per heavy atom. The molecule has 1 N–H and O–H groups in total. The Kier molecular flexibility index (Phi) is 3.52. The number of nitrogens with zero attached hydrogens (tertiary/aromatic N) is 2. The summed E-state index contributed by atoms with van der Waals surface area (Å²) in [5.41, 5.74) is 1.17. The Hall–Kier alpha value is -1.71. The topological polar surface area (TPSA) is 43.0 Å². The molecule has 0 amide bonds. The molecule has 92 valence electrons. The summed E-state index contributed by atoms with van der Waals surface area (Å²) < 4.78 is 7.51. The number of furan rings is 1. The van der Waals surface area contributed by atoms with E-state index in [9.17, 15) is 0 Å². The number of rotatable bonds is 5. The SMILES string of the molecule is Cc1ccoc1CNc1nccn1CC(C)C. The van der Waals surface area contributed by atoms with Crippen molar-refractivity contribution < 1.29 is 4.42 Å². The summed E-state index contributed by atoms with van der Waals surface area (Å²) in [6, 6.07) is 1.97. The van der Waals surface area contributed by atoms with Gasteiger partial charge < -0.3 is 14.3 Å². The minimum absolute atomic E-state index is 0.607. The summed E-state index contributed by atoms with van der Waals surface area (Å²) in [7, 11) is 0. The largest absolute Gasteiger partial charge is 0.467 e. The van der Waals surface area contributed by atoms with Gasteiger partial charge in [-0.2, -0.15) is 0 Å². The van der Waals surface area contributed by atoms with Crippen LogP contribution in [0.1, 0.15) is 25.2 Å². The normalized spacial score (nSPS) is 11.1. The average molecular weight is 233 g/mol. The molecule has 2 aromatic heterocycles. The molecule has 0 bridgehead atoms. The minimum atomic E-state index is 0.607. The van der Waals surface area contributed by atoms with Crippen LogP contribution in [0.2, 0.25) is 0 Å². The van der Waals surface area contributed by atoms with Crippen LogP contribution in [-0.2, 0) is 13.1 Å². The van der Waals surface area contributed by atoms with Gasteiger partial charge in [0.15, 0.2) is 0 Å². The fourth-order valence-electron chi connectivity index (χ4n) is 1.76. The number of imidazole rings is 1. The van der Waals surface area contributed by atoms with E-state index in [1.54, 1.807) is 6.26 Å². The zero-order valence-electron chi connectivity index (χ0n) is 10.6. The predicted molar refractivity (Wildman–Crippen MR) is 67.8 cm³/mol. The molecule has 4 heteroatoms. The maximum atomic E-state index is 5.38. The highest BCUT2D eigenvalue weighted by atomic mass is 16.3. The van der Waals surface area contributed by atoms with Crippen LogP contribution in [-0.4, -0.2) is 9.55 Å². The molecule has 0 saturated heterocycles. The summed E-state index contributed by atoms with van der Waals surface area (Å²) in [5.74, 6) is 2.47. The molecule has 0 unspecified atom stereocenters. The first-order chi connectivity index (χ1) is 8.16. The van der Waals surface area contributed by atoms with Gasteiger partial charge in [-0.15, -0.1) is 0 Å². The quantitative estimate of drug-likeness (QED) is 0.863. The van der Waals surface area contributed by atoms with E-state index in [1.807, 2.05) is 25.4 Å². The predicted octanol–water partition coefficient (Wildman–Crippen LogP) is 3.05. The molecule has 2 heterocycles. The van der Waals surface area contributed by atoms with E-state index < -0.39 is 0 Å². The van der Waals surface area contributed by atoms with Crippen molar-refractivity contribution in [3.05, 3.63) is 36.0 Å². The minimum Gasteiger partial charge on any atom is -0.467 e. The molecule has 17 heavy (non-hydrogen) atoms. The maximum Gasteiger partial charge on any atom is 0.203 e. The molecule has 2 rings (SSSR count). The number of hydrogen-bond donors (Lipinski definition) is 1. The van der Waals surface area contributed by atoms with Gasteiger partial charge in [0.2, 0.25) is 5.95 Å². The van der Waals surface area contributed by atoms with Crippen molar-refractivity contribution >= 4 is 5.95 Å². The Balaban J connectivity index is 1.99. The first kappa shape index (κ1) is 11.8. The van der Waals surface area contributed by atoms with Gasteiger partial charge in [0, 0.05) is 18.9 Å². The number of anilines is 1. The zero-order chi connectivity index (χ0) is 12.3. The average Bonchev–Trinajstić information content (AvgIpc) is 2.84. The monoisotopic (exact) mass is 233 g/mol. The van der Waals surface area contributed by atoms with Crippen molar-refractivity contribution in [2.45, 2.75) is 33.9 Å². The van der Waals surface area contributed by atoms with E-state index >= 15 is 0 Å². The summed E-state index contributed by atoms with van der Waals surface area (Å²) in [6.45, 7) is 8.08. The van der Waals surface area contributed by atoms with Crippen LogP contribution in [0.3, 0.4) is 0 Å². The lowest BCUT2D eigenvalue weighted by Crippen LogP contribution is -2.10. The molecule has 0 spiro atoms. The number of nitrogens with one attached hydrogen (secondary N) is 1. The lowest BCUT2D eigenvalue weighted by Gasteiger charge is -2.11. The van der Waals surface area contributed by atoms with Crippen molar-refractivity contribution in [1.82, 2.24) is 9.55 Å². The Morgan fingerprint density at radius 1 is 1.47 bits per heavy atom. The number of hydrogen-bond acceptors (Lipinski definition) is 3. The van der Waals surface area contributed by atoms with Crippen LogP contribution in [0.15, 0.2) is 29.1 Å². The van der Waals surface area contributed by atoms with Gasteiger partial charge in [0.25, 0.3) is 0 Å². The molecule has 0 aromatic carbocycles. The van der Waals surface area contributed by atoms with E-state index in [0.717, 1.165) is 18.3 Å². The third-order valence-corrected chi connectivity index (χ3v) is 2.65. The third kappa shape index (κ3) is 2.90. The Morgan fingerprint density at radius 3 is 2.94 bits per heavy atom. The standard InChI is InChI=1S/C13H19N3O/c1-10(2)9-16-6-5-14-13(16)15-8-12-11(3)4-7-17-12/h4-7,10H,8-9H2,1-3H3,(H,14,15). The van der Waals surface area contributed by atoms with Gasteiger partial charge >= 0.3 is 0 Å². The van der Waals surface area contributed by atoms with Crippen molar-refractivity contribution in [2.24, 2.45) is 5.92 Å². The lowest BCUT2D eigenvalue weighted by molar-refractivity contribution is 0.508. The lowest BCUT2D eigenvalue weighted by atomic mass is 10.2. The Labute approximate surface area is 102 Å². The summed E-state index contributed by atoms with van der Waals surface area (Å²) >= 11 is 0. The second-order valence-corrected chi connectivity index (χ2v) is 4.68. The number of aromatic nitrogens is 2. The summed E-state index contributed by atoms with van der Waals surface area (Å²) in [6.07, 6.45) is 5.53. The smallest absolute Gasteiger partial charge is 0.203 e. The molecule has 4 nitrogen and oxygen atoms in total. The second kappa shape index (κ2) is 5.08. The van der Waals surface area contributed by atoms with Gasteiger partial charge in [-0.3, -0.25) is 0 Å². The fraction of sp³-hybridized carbons (Fsp3) is 0.462. The van der Waals surface area contributed by atoms with E-state index in [2.05, 4.69) is 28.7 Å². The maximum absolute atomic E-state index is 5.38. The molecular weight excluding hydrogens is 214 g/mol. The van der Waals surface area contributed by atoms with Crippen molar-refractivity contribution in [3.8, 4) is 0 Å². The second-order valence-electron chi connectivity index (χ2n) is 4.68. The molecule has 0 aliphatic rings. The highest BCUT2D eigenvalue weighted by Gasteiger charge is 2.06. The van der Waals surface area contributed by atoms with Crippen molar-refractivity contribution in [1.29, 1.82) is 0 Å². The summed E-state index contributed by atoms with van der Waals surface area (Å²) in [4.78, 5) is 4.31. The summed E-state index contributed by atoms with van der Waals surface area (Å²) in [5, 5.41) is 3.30.